The van der Waals surface area contributed by atoms with E-state index < -0.39 is 23.8 Å². The third kappa shape index (κ3) is 3.45. The van der Waals surface area contributed by atoms with Crippen LogP contribution in [0.5, 0.6) is 0 Å². The molecule has 94 valence electrons. The maximum Gasteiger partial charge on any atom is 0.416 e. The van der Waals surface area contributed by atoms with Crippen LogP contribution in [0.25, 0.3) is 0 Å². The van der Waals surface area contributed by atoms with Crippen molar-refractivity contribution in [2.75, 3.05) is 5.32 Å². The summed E-state index contributed by atoms with van der Waals surface area (Å²) in [6.07, 6.45) is -5.79. The molecule has 3 nitrogen and oxygen atoms in total. The molecule has 0 radical (unpaired) electrons. The Balaban J connectivity index is 3.24. The molecule has 1 aromatic carbocycles. The highest BCUT2D eigenvalue weighted by atomic mass is 19.4. The van der Waals surface area contributed by atoms with E-state index in [4.69, 9.17) is 0 Å². The number of alkyl halides is 3. The van der Waals surface area contributed by atoms with Crippen LogP contribution in [-0.4, -0.2) is 11.0 Å². The summed E-state index contributed by atoms with van der Waals surface area (Å²) in [6.45, 7) is 2.46. The van der Waals surface area contributed by atoms with Crippen molar-refractivity contribution in [3.05, 3.63) is 29.3 Å². The second-order valence-electron chi connectivity index (χ2n) is 3.66. The molecule has 0 bridgehead atoms. The van der Waals surface area contributed by atoms with Gasteiger partial charge >= 0.3 is 6.18 Å². The molecule has 1 aromatic rings. The molecule has 1 amide bonds. The van der Waals surface area contributed by atoms with E-state index in [1.54, 1.807) is 0 Å². The molecule has 2 N–H and O–H groups in total. The third-order valence-electron chi connectivity index (χ3n) is 2.13. The molecule has 1 unspecified atom stereocenters. The molecular formula is C11H12F3NO2. The quantitative estimate of drug-likeness (QED) is 0.844. The van der Waals surface area contributed by atoms with Crippen molar-refractivity contribution in [1.82, 2.24) is 0 Å². The predicted molar refractivity (Wildman–Crippen MR) is 56.4 cm³/mol. The largest absolute Gasteiger partial charge is 0.416 e. The zero-order chi connectivity index (χ0) is 13.2. The Hall–Kier alpha value is -1.56. The summed E-state index contributed by atoms with van der Waals surface area (Å²) >= 11 is 0. The minimum atomic E-state index is -4.57. The van der Waals surface area contributed by atoms with Gasteiger partial charge in [0, 0.05) is 12.6 Å². The number of anilines is 1. The Morgan fingerprint density at radius 2 is 2.00 bits per heavy atom. The topological polar surface area (TPSA) is 49.3 Å². The van der Waals surface area contributed by atoms with E-state index in [-0.39, 0.29) is 11.3 Å². The normalized spacial score (nSPS) is 13.3. The molecule has 0 aliphatic carbocycles. The number of carbonyl (C=O) groups is 1. The Morgan fingerprint density at radius 3 is 2.41 bits per heavy atom. The van der Waals surface area contributed by atoms with Gasteiger partial charge in [-0.15, -0.1) is 0 Å². The molecule has 1 rings (SSSR count). The number of hydrogen-bond donors (Lipinski definition) is 2. The lowest BCUT2D eigenvalue weighted by Gasteiger charge is -2.16. The van der Waals surface area contributed by atoms with Gasteiger partial charge in [-0.1, -0.05) is 6.07 Å². The van der Waals surface area contributed by atoms with Gasteiger partial charge in [0.2, 0.25) is 5.91 Å². The van der Waals surface area contributed by atoms with Gasteiger partial charge < -0.3 is 10.4 Å². The second kappa shape index (κ2) is 4.75. The van der Waals surface area contributed by atoms with Crippen molar-refractivity contribution in [1.29, 1.82) is 0 Å². The molecule has 0 spiro atoms. The van der Waals surface area contributed by atoms with Gasteiger partial charge in [0.15, 0.2) is 0 Å². The van der Waals surface area contributed by atoms with Crippen LogP contribution >= 0.6 is 0 Å². The van der Waals surface area contributed by atoms with Crippen LogP contribution in [0, 0.1) is 0 Å². The van der Waals surface area contributed by atoms with Crippen LogP contribution in [0.2, 0.25) is 0 Å². The van der Waals surface area contributed by atoms with Crippen LogP contribution in [0.15, 0.2) is 18.2 Å². The summed E-state index contributed by atoms with van der Waals surface area (Å²) in [5.74, 6) is -0.456. The van der Waals surface area contributed by atoms with Crippen molar-refractivity contribution in [2.24, 2.45) is 0 Å². The van der Waals surface area contributed by atoms with Gasteiger partial charge in [-0.05, 0) is 24.6 Å². The average molecular weight is 247 g/mol. The standard InChI is InChI=1S/C11H12F3NO2/c1-6(16)9-4-3-8(15-7(2)17)5-10(9)11(12,13)14/h3-6,16H,1-2H3,(H,15,17). The molecular weight excluding hydrogens is 235 g/mol. The Kier molecular flexibility index (Phi) is 3.77. The first-order valence-electron chi connectivity index (χ1n) is 4.88. The molecule has 17 heavy (non-hydrogen) atoms. The summed E-state index contributed by atoms with van der Waals surface area (Å²) in [6, 6.07) is 3.28. The van der Waals surface area contributed by atoms with E-state index in [0.717, 1.165) is 12.1 Å². The van der Waals surface area contributed by atoms with E-state index in [1.807, 2.05) is 0 Å². The lowest BCUT2D eigenvalue weighted by atomic mass is 10.0. The maximum absolute atomic E-state index is 12.7. The van der Waals surface area contributed by atoms with Crippen LogP contribution in [0.4, 0.5) is 18.9 Å². The van der Waals surface area contributed by atoms with Crippen molar-refractivity contribution >= 4 is 11.6 Å². The predicted octanol–water partition coefficient (Wildman–Crippen LogP) is 2.72. The summed E-state index contributed by atoms with van der Waals surface area (Å²) in [5.41, 5.74) is -1.11. The van der Waals surface area contributed by atoms with Crippen LogP contribution in [0.3, 0.4) is 0 Å². The van der Waals surface area contributed by atoms with Crippen LogP contribution in [-0.2, 0) is 11.0 Å². The van der Waals surface area contributed by atoms with Crippen molar-refractivity contribution in [3.63, 3.8) is 0 Å². The molecule has 0 saturated carbocycles. The SMILES string of the molecule is CC(=O)Nc1ccc(C(C)O)c(C(F)(F)F)c1. The summed E-state index contributed by atoms with van der Waals surface area (Å²) in [5, 5.41) is 11.5. The number of aliphatic hydroxyl groups is 1. The number of rotatable bonds is 2. The minimum Gasteiger partial charge on any atom is -0.389 e. The number of carbonyl (C=O) groups excluding carboxylic acids is 1. The van der Waals surface area contributed by atoms with E-state index in [0.29, 0.717) is 0 Å². The fourth-order valence-corrected chi connectivity index (χ4v) is 1.45. The highest BCUT2D eigenvalue weighted by molar-refractivity contribution is 5.88. The zero-order valence-electron chi connectivity index (χ0n) is 9.30. The highest BCUT2D eigenvalue weighted by Crippen LogP contribution is 2.36. The zero-order valence-corrected chi connectivity index (χ0v) is 9.30. The van der Waals surface area contributed by atoms with Crippen LogP contribution < -0.4 is 5.32 Å². The van der Waals surface area contributed by atoms with E-state index in [2.05, 4.69) is 5.32 Å². The van der Waals surface area contributed by atoms with Gasteiger partial charge in [0.05, 0.1) is 11.7 Å². The average Bonchev–Trinajstić information content (AvgIpc) is 2.14. The molecule has 0 aliphatic rings. The number of benzene rings is 1. The monoisotopic (exact) mass is 247 g/mol. The molecule has 0 aromatic heterocycles. The Morgan fingerprint density at radius 1 is 1.41 bits per heavy atom. The van der Waals surface area contributed by atoms with Crippen molar-refractivity contribution < 1.29 is 23.1 Å². The fourth-order valence-electron chi connectivity index (χ4n) is 1.45. The highest BCUT2D eigenvalue weighted by Gasteiger charge is 2.34. The summed E-state index contributed by atoms with van der Waals surface area (Å²) < 4.78 is 38.1. The Labute approximate surface area is 96.3 Å². The summed E-state index contributed by atoms with van der Waals surface area (Å²) in [4.78, 5) is 10.8. The molecule has 0 saturated heterocycles. The van der Waals surface area contributed by atoms with Gasteiger partial charge in [-0.3, -0.25) is 4.79 Å². The van der Waals surface area contributed by atoms with Gasteiger partial charge in [0.25, 0.3) is 0 Å². The lowest BCUT2D eigenvalue weighted by Crippen LogP contribution is -2.13. The Bertz CT molecular complexity index is 427. The van der Waals surface area contributed by atoms with Crippen LogP contribution in [0.1, 0.15) is 31.1 Å². The number of aliphatic hydroxyl groups excluding tert-OH is 1. The van der Waals surface area contributed by atoms with Crippen molar-refractivity contribution in [3.8, 4) is 0 Å². The fraction of sp³-hybridized carbons (Fsp3) is 0.364. The second-order valence-corrected chi connectivity index (χ2v) is 3.66. The summed E-state index contributed by atoms with van der Waals surface area (Å²) in [7, 11) is 0. The molecule has 1 atom stereocenters. The molecule has 6 heteroatoms. The first kappa shape index (κ1) is 13.5. The maximum atomic E-state index is 12.7. The van der Waals surface area contributed by atoms with Crippen molar-refractivity contribution in [2.45, 2.75) is 26.1 Å². The van der Waals surface area contributed by atoms with Gasteiger partial charge in [0.1, 0.15) is 0 Å². The first-order chi connectivity index (χ1) is 7.71. The molecule has 0 heterocycles. The van der Waals surface area contributed by atoms with E-state index in [1.165, 1.54) is 19.9 Å². The van der Waals surface area contributed by atoms with Gasteiger partial charge in [-0.25, -0.2) is 0 Å². The third-order valence-corrected chi connectivity index (χ3v) is 2.13. The number of nitrogens with one attached hydrogen (secondary N) is 1. The number of hydrogen-bond acceptors (Lipinski definition) is 2. The first-order valence-corrected chi connectivity index (χ1v) is 4.88. The molecule has 0 aliphatic heterocycles. The van der Waals surface area contributed by atoms with E-state index in [9.17, 15) is 23.1 Å². The van der Waals surface area contributed by atoms with E-state index >= 15 is 0 Å². The lowest BCUT2D eigenvalue weighted by molar-refractivity contribution is -0.139. The minimum absolute atomic E-state index is 0.0502. The smallest absolute Gasteiger partial charge is 0.389 e. The molecule has 0 fully saturated rings. The number of halogens is 3. The number of amides is 1. The van der Waals surface area contributed by atoms with Gasteiger partial charge in [-0.2, -0.15) is 13.2 Å².